The standard InChI is InChI=1S/C10H15BrN2O2/c1-10(2,3)9-12-6-7(11)13(9)5-4-8(14)15/h6H,4-5H2,1-3H3,(H,14,15). The van der Waals surface area contributed by atoms with Gasteiger partial charge in [0, 0.05) is 12.0 Å². The molecule has 1 rings (SSSR count). The Bertz CT molecular complexity index is 366. The van der Waals surface area contributed by atoms with E-state index in [4.69, 9.17) is 5.11 Å². The average molecular weight is 275 g/mol. The van der Waals surface area contributed by atoms with Crippen LogP contribution >= 0.6 is 15.9 Å². The van der Waals surface area contributed by atoms with E-state index in [9.17, 15) is 4.79 Å². The van der Waals surface area contributed by atoms with Crippen LogP contribution in [0.25, 0.3) is 0 Å². The molecule has 1 N–H and O–H groups in total. The SMILES string of the molecule is CC(C)(C)c1ncc(Br)n1CCC(=O)O. The van der Waals surface area contributed by atoms with Gasteiger partial charge >= 0.3 is 5.97 Å². The number of halogens is 1. The van der Waals surface area contributed by atoms with Crippen LogP contribution in [0.3, 0.4) is 0 Å². The van der Waals surface area contributed by atoms with Gasteiger partial charge in [0.05, 0.1) is 12.6 Å². The van der Waals surface area contributed by atoms with Gasteiger partial charge in [0.25, 0.3) is 0 Å². The van der Waals surface area contributed by atoms with Crippen LogP contribution in [0, 0.1) is 0 Å². The van der Waals surface area contributed by atoms with Crippen LogP contribution in [0.5, 0.6) is 0 Å². The molecule has 1 heterocycles. The zero-order valence-corrected chi connectivity index (χ0v) is 10.7. The quantitative estimate of drug-likeness (QED) is 0.921. The summed E-state index contributed by atoms with van der Waals surface area (Å²) in [5.41, 5.74) is -0.0788. The predicted octanol–water partition coefficient (Wildman–Crippen LogP) is 2.42. The molecule has 0 unspecified atom stereocenters. The summed E-state index contributed by atoms with van der Waals surface area (Å²) in [6.07, 6.45) is 1.82. The number of carboxylic acid groups (broad SMARTS) is 1. The Hall–Kier alpha value is -0.840. The minimum atomic E-state index is -0.796. The Morgan fingerprint density at radius 1 is 1.60 bits per heavy atom. The van der Waals surface area contributed by atoms with Crippen LogP contribution in [-0.2, 0) is 16.8 Å². The summed E-state index contributed by atoms with van der Waals surface area (Å²) in [6.45, 7) is 6.61. The molecule has 0 radical (unpaired) electrons. The molecule has 1 aromatic heterocycles. The first-order chi connectivity index (χ1) is 6.82. The van der Waals surface area contributed by atoms with Crippen LogP contribution in [0.4, 0.5) is 0 Å². The van der Waals surface area contributed by atoms with Gasteiger partial charge in [0.15, 0.2) is 0 Å². The normalized spacial score (nSPS) is 11.7. The van der Waals surface area contributed by atoms with Crippen LogP contribution in [0.1, 0.15) is 33.0 Å². The fourth-order valence-corrected chi connectivity index (χ4v) is 1.82. The summed E-state index contributed by atoms with van der Waals surface area (Å²) in [4.78, 5) is 14.8. The van der Waals surface area contributed by atoms with E-state index in [0.717, 1.165) is 10.4 Å². The zero-order chi connectivity index (χ0) is 11.6. The van der Waals surface area contributed by atoms with Gasteiger partial charge < -0.3 is 9.67 Å². The van der Waals surface area contributed by atoms with Crippen molar-refractivity contribution < 1.29 is 9.90 Å². The van der Waals surface area contributed by atoms with Crippen LogP contribution in [-0.4, -0.2) is 20.6 Å². The lowest BCUT2D eigenvalue weighted by atomic mass is 9.95. The van der Waals surface area contributed by atoms with Gasteiger partial charge in [-0.25, -0.2) is 4.98 Å². The number of nitrogens with zero attached hydrogens (tertiary/aromatic N) is 2. The first-order valence-electron chi connectivity index (χ1n) is 4.75. The number of hydrogen-bond donors (Lipinski definition) is 1. The topological polar surface area (TPSA) is 55.1 Å². The van der Waals surface area contributed by atoms with Crippen molar-refractivity contribution in [1.29, 1.82) is 0 Å². The molecule has 84 valence electrons. The van der Waals surface area contributed by atoms with E-state index in [0.29, 0.717) is 6.54 Å². The number of aliphatic carboxylic acids is 1. The molecule has 5 heteroatoms. The number of aromatic nitrogens is 2. The summed E-state index contributed by atoms with van der Waals surface area (Å²) < 4.78 is 2.72. The fourth-order valence-electron chi connectivity index (χ4n) is 1.37. The molecule has 0 aliphatic rings. The Balaban J connectivity index is 2.95. The van der Waals surface area contributed by atoms with Crippen LogP contribution in [0.2, 0.25) is 0 Å². The first kappa shape index (κ1) is 12.2. The van der Waals surface area contributed by atoms with Gasteiger partial charge in [0.1, 0.15) is 10.4 Å². The third kappa shape index (κ3) is 3.06. The summed E-state index contributed by atoms with van der Waals surface area (Å²) >= 11 is 3.37. The molecule has 0 aromatic carbocycles. The van der Waals surface area contributed by atoms with E-state index in [1.807, 2.05) is 4.57 Å². The third-order valence-electron chi connectivity index (χ3n) is 2.03. The van der Waals surface area contributed by atoms with Crippen molar-refractivity contribution >= 4 is 21.9 Å². The maximum absolute atomic E-state index is 10.5. The molecule has 0 fully saturated rings. The van der Waals surface area contributed by atoms with Gasteiger partial charge in [0.2, 0.25) is 0 Å². The molecule has 4 nitrogen and oxygen atoms in total. The van der Waals surface area contributed by atoms with E-state index >= 15 is 0 Å². The highest BCUT2D eigenvalue weighted by Gasteiger charge is 2.21. The van der Waals surface area contributed by atoms with Crippen molar-refractivity contribution in [2.24, 2.45) is 0 Å². The largest absolute Gasteiger partial charge is 0.481 e. The molecule has 0 amide bonds. The molecule has 0 spiro atoms. The van der Waals surface area contributed by atoms with Gasteiger partial charge in [-0.2, -0.15) is 0 Å². The predicted molar refractivity (Wildman–Crippen MR) is 60.9 cm³/mol. The summed E-state index contributed by atoms with van der Waals surface area (Å²) in [5.74, 6) is 0.103. The molecule has 0 saturated heterocycles. The Kier molecular flexibility index (Phi) is 3.54. The van der Waals surface area contributed by atoms with Crippen molar-refractivity contribution in [1.82, 2.24) is 9.55 Å². The summed E-state index contributed by atoms with van der Waals surface area (Å²) in [5, 5.41) is 8.65. The zero-order valence-electron chi connectivity index (χ0n) is 9.12. The Morgan fingerprint density at radius 3 is 2.67 bits per heavy atom. The molecule has 1 aromatic rings. The second-order valence-electron chi connectivity index (χ2n) is 4.45. The first-order valence-corrected chi connectivity index (χ1v) is 5.55. The van der Waals surface area contributed by atoms with Gasteiger partial charge in [-0.05, 0) is 15.9 Å². The number of rotatable bonds is 3. The maximum atomic E-state index is 10.5. The van der Waals surface area contributed by atoms with Gasteiger partial charge in [-0.15, -0.1) is 0 Å². The van der Waals surface area contributed by atoms with Crippen LogP contribution in [0.15, 0.2) is 10.8 Å². The lowest BCUT2D eigenvalue weighted by Crippen LogP contribution is -2.20. The van der Waals surface area contributed by atoms with Crippen molar-refractivity contribution in [3.8, 4) is 0 Å². The molecule has 0 bridgehead atoms. The monoisotopic (exact) mass is 274 g/mol. The van der Waals surface area contributed by atoms with Crippen molar-refractivity contribution in [3.63, 3.8) is 0 Å². The Morgan fingerprint density at radius 2 is 2.20 bits per heavy atom. The van der Waals surface area contributed by atoms with Crippen molar-refractivity contribution in [2.75, 3.05) is 0 Å². The second kappa shape index (κ2) is 4.35. The van der Waals surface area contributed by atoms with E-state index in [1.165, 1.54) is 0 Å². The molecular weight excluding hydrogens is 260 g/mol. The smallest absolute Gasteiger partial charge is 0.305 e. The highest BCUT2D eigenvalue weighted by atomic mass is 79.9. The summed E-state index contributed by atoms with van der Waals surface area (Å²) in [6, 6.07) is 0. The lowest BCUT2D eigenvalue weighted by molar-refractivity contribution is -0.137. The molecular formula is C10H15BrN2O2. The molecule has 0 atom stereocenters. The summed E-state index contributed by atoms with van der Waals surface area (Å²) in [7, 11) is 0. The highest BCUT2D eigenvalue weighted by Crippen LogP contribution is 2.24. The van der Waals surface area contributed by atoms with E-state index in [1.54, 1.807) is 6.20 Å². The number of carboxylic acids is 1. The number of imidazole rings is 1. The van der Waals surface area contributed by atoms with Crippen molar-refractivity contribution in [3.05, 3.63) is 16.6 Å². The van der Waals surface area contributed by atoms with Crippen LogP contribution < -0.4 is 0 Å². The average Bonchev–Trinajstić information content (AvgIpc) is 2.42. The second-order valence-corrected chi connectivity index (χ2v) is 5.26. The van der Waals surface area contributed by atoms with E-state index in [2.05, 4.69) is 41.7 Å². The number of carbonyl (C=O) groups is 1. The number of hydrogen-bond acceptors (Lipinski definition) is 2. The van der Waals surface area contributed by atoms with Gasteiger partial charge in [-0.3, -0.25) is 4.79 Å². The molecule has 0 saturated carbocycles. The van der Waals surface area contributed by atoms with Crippen molar-refractivity contribution in [2.45, 2.75) is 39.2 Å². The minimum absolute atomic E-state index is 0.0788. The van der Waals surface area contributed by atoms with E-state index in [-0.39, 0.29) is 11.8 Å². The fraction of sp³-hybridized carbons (Fsp3) is 0.600. The van der Waals surface area contributed by atoms with Gasteiger partial charge in [-0.1, -0.05) is 20.8 Å². The molecule has 15 heavy (non-hydrogen) atoms. The minimum Gasteiger partial charge on any atom is -0.481 e. The molecule has 0 aliphatic carbocycles. The highest BCUT2D eigenvalue weighted by molar-refractivity contribution is 9.10. The van der Waals surface area contributed by atoms with E-state index < -0.39 is 5.97 Å². The Labute approximate surface area is 97.4 Å². The lowest BCUT2D eigenvalue weighted by Gasteiger charge is -2.19. The maximum Gasteiger partial charge on any atom is 0.305 e. The third-order valence-corrected chi connectivity index (χ3v) is 2.66. The molecule has 0 aliphatic heterocycles.